The molecular weight excluding hydrogens is 368 g/mol. The van der Waals surface area contributed by atoms with Crippen molar-refractivity contribution in [3.8, 4) is 11.5 Å². The summed E-state index contributed by atoms with van der Waals surface area (Å²) in [7, 11) is 1.57. The molecule has 2 aromatic carbocycles. The Morgan fingerprint density at radius 2 is 2.00 bits per heavy atom. The van der Waals surface area contributed by atoms with E-state index >= 15 is 0 Å². The summed E-state index contributed by atoms with van der Waals surface area (Å²) < 4.78 is 16.3. The first-order valence-corrected chi connectivity index (χ1v) is 9.15. The molecule has 1 amide bonds. The molecule has 0 atom stereocenters. The van der Waals surface area contributed by atoms with Crippen LogP contribution < -0.4 is 19.7 Å². The quantitative estimate of drug-likeness (QED) is 0.817. The van der Waals surface area contributed by atoms with Gasteiger partial charge in [-0.1, -0.05) is 23.7 Å². The van der Waals surface area contributed by atoms with Crippen molar-refractivity contribution in [1.82, 2.24) is 0 Å². The number of nitrogens with zero attached hydrogens (tertiary/aromatic N) is 1. The molecule has 1 aliphatic heterocycles. The van der Waals surface area contributed by atoms with E-state index in [1.807, 2.05) is 37.3 Å². The maximum absolute atomic E-state index is 12.4. The number of halogens is 1. The number of rotatable bonds is 6. The first-order chi connectivity index (χ1) is 13.1. The summed E-state index contributed by atoms with van der Waals surface area (Å²) in [5.74, 6) is 0.853. The summed E-state index contributed by atoms with van der Waals surface area (Å²) >= 11 is 6.39. The average molecular weight is 391 g/mol. The van der Waals surface area contributed by atoms with Crippen molar-refractivity contribution >= 4 is 28.9 Å². The Kier molecular flexibility index (Phi) is 6.42. The largest absolute Gasteiger partial charge is 0.493 e. The normalized spacial score (nSPS) is 14.0. The third-order valence-electron chi connectivity index (χ3n) is 4.27. The zero-order chi connectivity index (χ0) is 19.2. The van der Waals surface area contributed by atoms with Crippen LogP contribution in [-0.4, -0.2) is 45.9 Å². The SMILES string of the molecule is COc1cc(C)ccc1OCC(=O)Nc1cccc(Cl)c1N1CCOCC1. The van der Waals surface area contributed by atoms with Gasteiger partial charge < -0.3 is 24.4 Å². The molecule has 0 bridgehead atoms. The number of carbonyl (C=O) groups is 1. The molecule has 27 heavy (non-hydrogen) atoms. The smallest absolute Gasteiger partial charge is 0.262 e. The molecule has 0 saturated carbocycles. The van der Waals surface area contributed by atoms with E-state index in [-0.39, 0.29) is 12.5 Å². The highest BCUT2D eigenvalue weighted by Gasteiger charge is 2.19. The second kappa shape index (κ2) is 8.97. The van der Waals surface area contributed by atoms with Crippen LogP contribution in [0.1, 0.15) is 5.56 Å². The van der Waals surface area contributed by atoms with E-state index in [2.05, 4.69) is 10.2 Å². The fraction of sp³-hybridized carbons (Fsp3) is 0.350. The van der Waals surface area contributed by atoms with Crippen LogP contribution in [0.4, 0.5) is 11.4 Å². The van der Waals surface area contributed by atoms with E-state index in [4.69, 9.17) is 25.8 Å². The maximum Gasteiger partial charge on any atom is 0.262 e. The van der Waals surface area contributed by atoms with Gasteiger partial charge in [-0.05, 0) is 36.8 Å². The maximum atomic E-state index is 12.4. The second-order valence-corrected chi connectivity index (χ2v) is 6.63. The first-order valence-electron chi connectivity index (χ1n) is 8.77. The van der Waals surface area contributed by atoms with Gasteiger partial charge in [-0.3, -0.25) is 4.79 Å². The Labute approximate surface area is 164 Å². The molecule has 3 rings (SSSR count). The summed E-state index contributed by atoms with van der Waals surface area (Å²) in [6.45, 7) is 4.55. The lowest BCUT2D eigenvalue weighted by molar-refractivity contribution is -0.118. The number of methoxy groups -OCH3 is 1. The van der Waals surface area contributed by atoms with Crippen LogP contribution in [0.2, 0.25) is 5.02 Å². The number of aryl methyl sites for hydroxylation is 1. The standard InChI is InChI=1S/C20H23ClN2O4/c1-14-6-7-17(18(12-14)25-2)27-13-19(24)22-16-5-3-4-15(21)20(16)23-8-10-26-11-9-23/h3-7,12H,8-11,13H2,1-2H3,(H,22,24). The topological polar surface area (TPSA) is 60.0 Å². The Morgan fingerprint density at radius 3 is 2.74 bits per heavy atom. The number of nitrogens with one attached hydrogen (secondary N) is 1. The molecule has 7 heteroatoms. The molecule has 2 aromatic rings. The first kappa shape index (κ1) is 19.3. The number of benzene rings is 2. The molecule has 1 fully saturated rings. The molecule has 144 valence electrons. The second-order valence-electron chi connectivity index (χ2n) is 6.23. The van der Waals surface area contributed by atoms with Crippen molar-refractivity contribution in [2.24, 2.45) is 0 Å². The van der Waals surface area contributed by atoms with Gasteiger partial charge >= 0.3 is 0 Å². The molecule has 1 saturated heterocycles. The van der Waals surface area contributed by atoms with E-state index in [1.54, 1.807) is 13.2 Å². The van der Waals surface area contributed by atoms with E-state index in [9.17, 15) is 4.79 Å². The molecular formula is C20H23ClN2O4. The minimum atomic E-state index is -0.269. The summed E-state index contributed by atoms with van der Waals surface area (Å²) in [6.07, 6.45) is 0. The van der Waals surface area contributed by atoms with E-state index in [1.165, 1.54) is 0 Å². The summed E-state index contributed by atoms with van der Waals surface area (Å²) in [5, 5.41) is 3.49. The summed E-state index contributed by atoms with van der Waals surface area (Å²) in [5.41, 5.74) is 2.52. The van der Waals surface area contributed by atoms with Gasteiger partial charge in [-0.15, -0.1) is 0 Å². The van der Waals surface area contributed by atoms with Crippen molar-refractivity contribution in [3.63, 3.8) is 0 Å². The van der Waals surface area contributed by atoms with Crippen LogP contribution in [0.5, 0.6) is 11.5 Å². The fourth-order valence-corrected chi connectivity index (χ4v) is 3.24. The molecule has 0 radical (unpaired) electrons. The molecule has 1 N–H and O–H groups in total. The fourth-order valence-electron chi connectivity index (χ4n) is 2.95. The van der Waals surface area contributed by atoms with E-state index in [0.717, 1.165) is 24.3 Å². The van der Waals surface area contributed by atoms with Crippen molar-refractivity contribution in [3.05, 3.63) is 47.0 Å². The highest BCUT2D eigenvalue weighted by Crippen LogP contribution is 2.34. The number of para-hydroxylation sites is 1. The predicted molar refractivity (Wildman–Crippen MR) is 106 cm³/mol. The third kappa shape index (κ3) is 4.84. The number of hydrogen-bond acceptors (Lipinski definition) is 5. The van der Waals surface area contributed by atoms with Crippen molar-refractivity contribution in [2.75, 3.05) is 50.2 Å². The molecule has 0 spiro atoms. The van der Waals surface area contributed by atoms with Crippen LogP contribution >= 0.6 is 11.6 Å². The van der Waals surface area contributed by atoms with Crippen LogP contribution in [0.15, 0.2) is 36.4 Å². The number of hydrogen-bond donors (Lipinski definition) is 1. The summed E-state index contributed by atoms with van der Waals surface area (Å²) in [6, 6.07) is 11.0. The van der Waals surface area contributed by atoms with Crippen LogP contribution in [0.25, 0.3) is 0 Å². The summed E-state index contributed by atoms with van der Waals surface area (Å²) in [4.78, 5) is 14.6. The van der Waals surface area contributed by atoms with Gasteiger partial charge in [0.25, 0.3) is 5.91 Å². The molecule has 0 unspecified atom stereocenters. The van der Waals surface area contributed by atoms with Gasteiger partial charge in [0.1, 0.15) is 0 Å². The number of amides is 1. The average Bonchev–Trinajstić information content (AvgIpc) is 2.67. The molecule has 0 aromatic heterocycles. The van der Waals surface area contributed by atoms with Crippen LogP contribution in [-0.2, 0) is 9.53 Å². The van der Waals surface area contributed by atoms with Gasteiger partial charge in [0.15, 0.2) is 18.1 Å². The zero-order valence-electron chi connectivity index (χ0n) is 15.5. The molecule has 0 aliphatic carbocycles. The molecule has 1 heterocycles. The lowest BCUT2D eigenvalue weighted by Crippen LogP contribution is -2.37. The van der Waals surface area contributed by atoms with E-state index in [0.29, 0.717) is 35.4 Å². The van der Waals surface area contributed by atoms with Gasteiger partial charge in [0.2, 0.25) is 0 Å². The minimum absolute atomic E-state index is 0.130. The van der Waals surface area contributed by atoms with Crippen molar-refractivity contribution in [2.45, 2.75) is 6.92 Å². The lowest BCUT2D eigenvalue weighted by atomic mass is 10.2. The van der Waals surface area contributed by atoms with Gasteiger partial charge in [-0.25, -0.2) is 0 Å². The zero-order valence-corrected chi connectivity index (χ0v) is 16.2. The lowest BCUT2D eigenvalue weighted by Gasteiger charge is -2.31. The highest BCUT2D eigenvalue weighted by atomic mass is 35.5. The Hall–Kier alpha value is -2.44. The van der Waals surface area contributed by atoms with Crippen LogP contribution in [0.3, 0.4) is 0 Å². The number of anilines is 2. The van der Waals surface area contributed by atoms with Gasteiger partial charge in [-0.2, -0.15) is 0 Å². The Bertz CT molecular complexity index is 807. The Balaban J connectivity index is 1.68. The van der Waals surface area contributed by atoms with Gasteiger partial charge in [0.05, 0.1) is 36.7 Å². The highest BCUT2D eigenvalue weighted by molar-refractivity contribution is 6.34. The van der Waals surface area contributed by atoms with Crippen LogP contribution in [0, 0.1) is 6.92 Å². The molecule has 1 aliphatic rings. The third-order valence-corrected chi connectivity index (χ3v) is 4.57. The number of morpholine rings is 1. The van der Waals surface area contributed by atoms with Crippen molar-refractivity contribution < 1.29 is 19.0 Å². The monoisotopic (exact) mass is 390 g/mol. The number of ether oxygens (including phenoxy) is 3. The predicted octanol–water partition coefficient (Wildman–Crippen LogP) is 3.51. The minimum Gasteiger partial charge on any atom is -0.493 e. The van der Waals surface area contributed by atoms with E-state index < -0.39 is 0 Å². The number of carbonyl (C=O) groups excluding carboxylic acids is 1. The van der Waals surface area contributed by atoms with Gasteiger partial charge in [0, 0.05) is 13.1 Å². The van der Waals surface area contributed by atoms with Crippen molar-refractivity contribution in [1.29, 1.82) is 0 Å². The Morgan fingerprint density at radius 1 is 1.22 bits per heavy atom. The molecule has 6 nitrogen and oxygen atoms in total.